The first kappa shape index (κ1) is 22.3. The van der Waals surface area contributed by atoms with E-state index >= 15 is 0 Å². The Bertz CT molecular complexity index is 1480. The number of hydrogen-bond acceptors (Lipinski definition) is 7. The third kappa shape index (κ3) is 4.27. The monoisotopic (exact) mass is 466 g/mol. The SMILES string of the molecule is CC(=O)c1sc(NC(=O)CCCn2cnc3c2c(=O)n(C)c(=O)n3C)nc1-c1ccccc1. The van der Waals surface area contributed by atoms with Gasteiger partial charge in [-0.15, -0.1) is 0 Å². The van der Waals surface area contributed by atoms with E-state index in [9.17, 15) is 19.2 Å². The van der Waals surface area contributed by atoms with Crippen molar-refractivity contribution in [3.63, 3.8) is 0 Å². The number of Topliss-reactive ketones (excluding diaryl/α,β-unsaturated/α-hetero) is 1. The quantitative estimate of drug-likeness (QED) is 0.417. The van der Waals surface area contributed by atoms with Crippen LogP contribution in [0.1, 0.15) is 29.4 Å². The molecule has 1 aromatic carbocycles. The van der Waals surface area contributed by atoms with Gasteiger partial charge in [0, 0.05) is 39.5 Å². The number of imidazole rings is 1. The first-order chi connectivity index (χ1) is 15.8. The van der Waals surface area contributed by atoms with Gasteiger partial charge in [-0.2, -0.15) is 0 Å². The molecule has 0 spiro atoms. The van der Waals surface area contributed by atoms with Crippen molar-refractivity contribution in [2.75, 3.05) is 5.32 Å². The normalized spacial score (nSPS) is 11.1. The van der Waals surface area contributed by atoms with E-state index in [1.54, 1.807) is 11.6 Å². The van der Waals surface area contributed by atoms with Crippen LogP contribution >= 0.6 is 11.3 Å². The highest BCUT2D eigenvalue weighted by Gasteiger charge is 2.18. The predicted octanol–water partition coefficient (Wildman–Crippen LogP) is 2.18. The lowest BCUT2D eigenvalue weighted by Crippen LogP contribution is -2.37. The topological polar surface area (TPSA) is 121 Å². The number of nitrogens with zero attached hydrogens (tertiary/aromatic N) is 5. The molecule has 0 radical (unpaired) electrons. The maximum Gasteiger partial charge on any atom is 0.332 e. The van der Waals surface area contributed by atoms with Crippen LogP contribution in [0.4, 0.5) is 5.13 Å². The van der Waals surface area contributed by atoms with Crippen molar-refractivity contribution < 1.29 is 9.59 Å². The molecule has 0 unspecified atom stereocenters. The summed E-state index contributed by atoms with van der Waals surface area (Å²) in [5.41, 5.74) is 1.11. The molecule has 10 nitrogen and oxygen atoms in total. The minimum Gasteiger partial charge on any atom is -0.325 e. The first-order valence-electron chi connectivity index (χ1n) is 10.3. The standard InChI is InChI=1S/C22H22N6O4S/c1-13(29)18-16(14-8-5-4-6-9-14)25-21(33-18)24-15(30)10-7-11-28-12-23-19-17(28)20(31)27(3)22(32)26(19)2/h4-6,8-9,12H,7,10-11H2,1-3H3,(H,24,25,30). The molecule has 1 N–H and O–H groups in total. The number of hydrogen-bond donors (Lipinski definition) is 1. The maximum atomic E-state index is 12.5. The lowest BCUT2D eigenvalue weighted by molar-refractivity contribution is -0.116. The Kier molecular flexibility index (Phi) is 6.05. The number of carbonyl (C=O) groups is 2. The zero-order chi connectivity index (χ0) is 23.7. The number of aryl methyl sites for hydroxylation is 2. The van der Waals surface area contributed by atoms with Gasteiger partial charge < -0.3 is 9.88 Å². The third-order valence-electron chi connectivity index (χ3n) is 5.26. The highest BCUT2D eigenvalue weighted by atomic mass is 32.1. The molecule has 0 aliphatic rings. The molecule has 0 fully saturated rings. The highest BCUT2D eigenvalue weighted by molar-refractivity contribution is 7.18. The van der Waals surface area contributed by atoms with E-state index in [0.717, 1.165) is 21.5 Å². The molecule has 0 aliphatic heterocycles. The van der Waals surface area contributed by atoms with Gasteiger partial charge >= 0.3 is 5.69 Å². The fourth-order valence-electron chi connectivity index (χ4n) is 3.56. The average molecular weight is 467 g/mol. The fourth-order valence-corrected chi connectivity index (χ4v) is 4.46. The summed E-state index contributed by atoms with van der Waals surface area (Å²) in [7, 11) is 2.98. The first-order valence-corrected chi connectivity index (χ1v) is 11.1. The lowest BCUT2D eigenvalue weighted by Gasteiger charge is -2.06. The van der Waals surface area contributed by atoms with E-state index in [4.69, 9.17) is 0 Å². The predicted molar refractivity (Wildman–Crippen MR) is 126 cm³/mol. The van der Waals surface area contributed by atoms with Gasteiger partial charge in [0.15, 0.2) is 22.1 Å². The van der Waals surface area contributed by atoms with Gasteiger partial charge in [0.25, 0.3) is 5.56 Å². The van der Waals surface area contributed by atoms with Crippen molar-refractivity contribution in [1.29, 1.82) is 0 Å². The van der Waals surface area contributed by atoms with E-state index in [2.05, 4.69) is 15.3 Å². The number of thiazole rings is 1. The van der Waals surface area contributed by atoms with Crippen molar-refractivity contribution in [1.82, 2.24) is 23.7 Å². The molecule has 170 valence electrons. The van der Waals surface area contributed by atoms with Gasteiger partial charge in [0.2, 0.25) is 5.91 Å². The zero-order valence-electron chi connectivity index (χ0n) is 18.4. The Hall–Kier alpha value is -3.86. The molecule has 0 saturated heterocycles. The number of rotatable bonds is 7. The Morgan fingerprint density at radius 1 is 1.09 bits per heavy atom. The van der Waals surface area contributed by atoms with E-state index in [0.29, 0.717) is 39.8 Å². The lowest BCUT2D eigenvalue weighted by atomic mass is 10.1. The van der Waals surface area contributed by atoms with Crippen molar-refractivity contribution in [3.8, 4) is 11.3 Å². The number of anilines is 1. The molecule has 4 rings (SSSR count). The molecule has 0 saturated carbocycles. The van der Waals surface area contributed by atoms with Crippen molar-refractivity contribution in [2.45, 2.75) is 26.3 Å². The molecule has 33 heavy (non-hydrogen) atoms. The summed E-state index contributed by atoms with van der Waals surface area (Å²) in [6, 6.07) is 9.33. The molecule has 3 aromatic heterocycles. The summed E-state index contributed by atoms with van der Waals surface area (Å²) >= 11 is 1.15. The largest absolute Gasteiger partial charge is 0.332 e. The van der Waals surface area contributed by atoms with Gasteiger partial charge in [0.1, 0.15) is 0 Å². The smallest absolute Gasteiger partial charge is 0.325 e. The van der Waals surface area contributed by atoms with Crippen molar-refractivity contribution in [2.24, 2.45) is 14.1 Å². The summed E-state index contributed by atoms with van der Waals surface area (Å²) in [6.45, 7) is 1.85. The van der Waals surface area contributed by atoms with Crippen molar-refractivity contribution in [3.05, 3.63) is 62.4 Å². The van der Waals surface area contributed by atoms with Crippen LogP contribution in [0.2, 0.25) is 0 Å². The minimum absolute atomic E-state index is 0.116. The number of nitrogens with one attached hydrogen (secondary N) is 1. The van der Waals surface area contributed by atoms with Gasteiger partial charge in [0.05, 0.1) is 16.9 Å². The van der Waals surface area contributed by atoms with Gasteiger partial charge in [-0.1, -0.05) is 41.7 Å². The molecular weight excluding hydrogens is 444 g/mol. The van der Waals surface area contributed by atoms with Crippen LogP contribution in [0, 0.1) is 0 Å². The van der Waals surface area contributed by atoms with E-state index in [1.165, 1.54) is 24.9 Å². The summed E-state index contributed by atoms with van der Waals surface area (Å²) in [6.07, 6.45) is 2.12. The van der Waals surface area contributed by atoms with Gasteiger partial charge in [-0.05, 0) is 6.42 Å². The maximum absolute atomic E-state index is 12.5. The Morgan fingerprint density at radius 3 is 2.52 bits per heavy atom. The molecule has 0 aliphatic carbocycles. The van der Waals surface area contributed by atoms with Crippen LogP contribution in [-0.2, 0) is 25.4 Å². The van der Waals surface area contributed by atoms with Crippen LogP contribution < -0.4 is 16.6 Å². The second-order valence-electron chi connectivity index (χ2n) is 7.59. The zero-order valence-corrected chi connectivity index (χ0v) is 19.2. The Labute approximate surface area is 192 Å². The van der Waals surface area contributed by atoms with E-state index in [-0.39, 0.29) is 18.1 Å². The number of ketones is 1. The van der Waals surface area contributed by atoms with E-state index in [1.807, 2.05) is 30.3 Å². The van der Waals surface area contributed by atoms with Crippen LogP contribution in [0.3, 0.4) is 0 Å². The third-order valence-corrected chi connectivity index (χ3v) is 6.33. The molecular formula is C22H22N6O4S. The number of fused-ring (bicyclic) bond motifs is 1. The summed E-state index contributed by atoms with van der Waals surface area (Å²) in [5.74, 6) is -0.363. The number of carbonyl (C=O) groups excluding carboxylic acids is 2. The second-order valence-corrected chi connectivity index (χ2v) is 8.59. The fraction of sp³-hybridized carbons (Fsp3) is 0.273. The van der Waals surface area contributed by atoms with Crippen molar-refractivity contribution >= 4 is 39.3 Å². The second kappa shape index (κ2) is 8.94. The molecule has 4 aromatic rings. The number of amides is 1. The number of benzene rings is 1. The molecule has 3 heterocycles. The summed E-state index contributed by atoms with van der Waals surface area (Å²) in [4.78, 5) is 58.2. The molecule has 0 bridgehead atoms. The molecule has 11 heteroatoms. The molecule has 0 atom stereocenters. The van der Waals surface area contributed by atoms with Gasteiger partial charge in [-0.3, -0.25) is 23.5 Å². The number of aromatic nitrogens is 5. The Balaban J connectivity index is 1.45. The van der Waals surface area contributed by atoms with Crippen LogP contribution in [0.5, 0.6) is 0 Å². The van der Waals surface area contributed by atoms with Gasteiger partial charge in [-0.25, -0.2) is 14.8 Å². The minimum atomic E-state index is -0.444. The van der Waals surface area contributed by atoms with E-state index < -0.39 is 11.2 Å². The average Bonchev–Trinajstić information content (AvgIpc) is 3.41. The van der Waals surface area contributed by atoms with Crippen LogP contribution in [-0.4, -0.2) is 35.4 Å². The van der Waals surface area contributed by atoms with Crippen LogP contribution in [0.15, 0.2) is 46.2 Å². The summed E-state index contributed by atoms with van der Waals surface area (Å²) in [5, 5.41) is 3.12. The van der Waals surface area contributed by atoms with Crippen LogP contribution in [0.25, 0.3) is 22.4 Å². The highest BCUT2D eigenvalue weighted by Crippen LogP contribution is 2.31. The summed E-state index contributed by atoms with van der Waals surface area (Å²) < 4.78 is 4.00. The molecule has 1 amide bonds. The Morgan fingerprint density at radius 2 is 1.82 bits per heavy atom.